The minimum atomic E-state index is -0.381. The van der Waals surface area contributed by atoms with E-state index < -0.39 is 0 Å². The third kappa shape index (κ3) is 3.93. The number of halogens is 1. The maximum atomic E-state index is 13.3. The van der Waals surface area contributed by atoms with Crippen molar-refractivity contribution in [2.24, 2.45) is 0 Å². The Bertz CT molecular complexity index is 840. The molecule has 3 rings (SSSR count). The van der Waals surface area contributed by atoms with Gasteiger partial charge in [0.15, 0.2) is 11.5 Å². The fourth-order valence-electron chi connectivity index (χ4n) is 2.98. The van der Waals surface area contributed by atoms with Crippen LogP contribution < -0.4 is 10.1 Å². The Labute approximate surface area is 150 Å². The summed E-state index contributed by atoms with van der Waals surface area (Å²) in [6.45, 7) is 0.648. The van der Waals surface area contributed by atoms with E-state index in [1.807, 2.05) is 0 Å². The maximum Gasteiger partial charge on any atom is 0.251 e. The fraction of sp³-hybridized carbons (Fsp3) is 0.263. The van der Waals surface area contributed by atoms with Crippen LogP contribution in [0.3, 0.4) is 0 Å². The number of phenols is 1. The summed E-state index contributed by atoms with van der Waals surface area (Å²) >= 11 is 0. The zero-order chi connectivity index (χ0) is 18.7. The molecule has 2 amide bonds. The van der Waals surface area contributed by atoms with Crippen molar-refractivity contribution in [2.75, 3.05) is 13.7 Å². The first-order chi connectivity index (χ1) is 12.5. The fourth-order valence-corrected chi connectivity index (χ4v) is 2.98. The molecule has 0 aromatic heterocycles. The van der Waals surface area contributed by atoms with E-state index in [0.29, 0.717) is 18.7 Å². The van der Waals surface area contributed by atoms with Crippen LogP contribution in [0.4, 0.5) is 4.39 Å². The van der Waals surface area contributed by atoms with Gasteiger partial charge in [0.1, 0.15) is 5.82 Å². The Hall–Kier alpha value is -3.09. The van der Waals surface area contributed by atoms with Crippen molar-refractivity contribution >= 4 is 11.8 Å². The molecule has 0 spiro atoms. The summed E-state index contributed by atoms with van der Waals surface area (Å²) in [5.74, 6) is -0.682. The first kappa shape index (κ1) is 17.7. The number of hydrogen-bond donors (Lipinski definition) is 2. The molecule has 1 aliphatic heterocycles. The minimum Gasteiger partial charge on any atom is -0.504 e. The summed E-state index contributed by atoms with van der Waals surface area (Å²) in [5, 5.41) is 12.6. The monoisotopic (exact) mass is 358 g/mol. The van der Waals surface area contributed by atoms with Crippen molar-refractivity contribution in [3.63, 3.8) is 0 Å². The summed E-state index contributed by atoms with van der Waals surface area (Å²) in [7, 11) is 1.42. The molecule has 1 atom stereocenters. The van der Waals surface area contributed by atoms with E-state index in [1.54, 1.807) is 17.0 Å². The molecule has 0 aliphatic carbocycles. The summed E-state index contributed by atoms with van der Waals surface area (Å²) in [6.07, 6.45) is 0.184. The molecule has 136 valence electrons. The predicted octanol–water partition coefficient (Wildman–Crippen LogP) is 2.07. The van der Waals surface area contributed by atoms with E-state index in [4.69, 9.17) is 4.74 Å². The molecule has 1 aliphatic rings. The quantitative estimate of drug-likeness (QED) is 0.858. The molecule has 2 N–H and O–H groups in total. The molecule has 2 aromatic carbocycles. The van der Waals surface area contributed by atoms with Gasteiger partial charge in [0.2, 0.25) is 5.91 Å². The zero-order valence-corrected chi connectivity index (χ0v) is 14.2. The van der Waals surface area contributed by atoms with Gasteiger partial charge >= 0.3 is 0 Å². The number of carbonyl (C=O) groups is 2. The lowest BCUT2D eigenvalue weighted by Gasteiger charge is -2.17. The Morgan fingerprint density at radius 2 is 2.15 bits per heavy atom. The van der Waals surface area contributed by atoms with Gasteiger partial charge in [-0.3, -0.25) is 9.59 Å². The van der Waals surface area contributed by atoms with Crippen molar-refractivity contribution in [1.82, 2.24) is 10.2 Å². The number of benzene rings is 2. The number of rotatable bonds is 5. The van der Waals surface area contributed by atoms with Crippen LogP contribution in [0, 0.1) is 5.82 Å². The summed E-state index contributed by atoms with van der Waals surface area (Å²) in [6, 6.07) is 10.1. The van der Waals surface area contributed by atoms with Gasteiger partial charge in [0, 0.05) is 25.1 Å². The molecule has 2 aromatic rings. The number of amides is 2. The molecular formula is C19H19FN2O4. The van der Waals surface area contributed by atoms with Gasteiger partial charge in [-0.25, -0.2) is 4.39 Å². The third-order valence-electron chi connectivity index (χ3n) is 4.25. The molecular weight excluding hydrogens is 339 g/mol. The van der Waals surface area contributed by atoms with Crippen LogP contribution in [-0.2, 0) is 11.3 Å². The topological polar surface area (TPSA) is 78.9 Å². The maximum absolute atomic E-state index is 13.3. The summed E-state index contributed by atoms with van der Waals surface area (Å²) < 4.78 is 18.2. The van der Waals surface area contributed by atoms with Crippen LogP contribution >= 0.6 is 0 Å². The van der Waals surface area contributed by atoms with Crippen LogP contribution in [0.1, 0.15) is 22.3 Å². The van der Waals surface area contributed by atoms with Gasteiger partial charge < -0.3 is 20.1 Å². The van der Waals surface area contributed by atoms with Crippen LogP contribution in [0.25, 0.3) is 0 Å². The van der Waals surface area contributed by atoms with E-state index >= 15 is 0 Å². The van der Waals surface area contributed by atoms with Gasteiger partial charge in [0.25, 0.3) is 5.91 Å². The predicted molar refractivity (Wildman–Crippen MR) is 92.3 cm³/mol. The van der Waals surface area contributed by atoms with Crippen LogP contribution in [0.5, 0.6) is 11.5 Å². The number of nitrogens with one attached hydrogen (secondary N) is 1. The first-order valence-corrected chi connectivity index (χ1v) is 8.16. The molecule has 1 unspecified atom stereocenters. The molecule has 7 heteroatoms. The van der Waals surface area contributed by atoms with Crippen molar-refractivity contribution in [1.29, 1.82) is 0 Å². The Balaban J connectivity index is 1.62. The highest BCUT2D eigenvalue weighted by atomic mass is 19.1. The Kier molecular flexibility index (Phi) is 5.06. The van der Waals surface area contributed by atoms with E-state index in [-0.39, 0.29) is 47.2 Å². The second-order valence-corrected chi connectivity index (χ2v) is 6.17. The van der Waals surface area contributed by atoms with E-state index in [2.05, 4.69) is 5.32 Å². The molecule has 1 heterocycles. The second-order valence-electron chi connectivity index (χ2n) is 6.17. The average Bonchev–Trinajstić information content (AvgIpc) is 2.94. The molecule has 0 radical (unpaired) electrons. The Morgan fingerprint density at radius 1 is 1.35 bits per heavy atom. The number of nitrogens with zero attached hydrogens (tertiary/aromatic N) is 1. The zero-order valence-electron chi connectivity index (χ0n) is 14.2. The lowest BCUT2D eigenvalue weighted by Crippen LogP contribution is -2.37. The molecule has 1 fully saturated rings. The lowest BCUT2D eigenvalue weighted by atomic mass is 10.1. The van der Waals surface area contributed by atoms with E-state index in [0.717, 1.165) is 0 Å². The Morgan fingerprint density at radius 3 is 2.85 bits per heavy atom. The highest BCUT2D eigenvalue weighted by molar-refractivity contribution is 5.95. The number of likely N-dealkylation sites (tertiary alicyclic amines) is 1. The number of phenolic OH excluding ortho intramolecular Hbond substituents is 1. The minimum absolute atomic E-state index is 0.0999. The number of ether oxygens (including phenoxy) is 1. The van der Waals surface area contributed by atoms with Gasteiger partial charge in [-0.15, -0.1) is 0 Å². The average molecular weight is 358 g/mol. The second kappa shape index (κ2) is 7.43. The van der Waals surface area contributed by atoms with E-state index in [9.17, 15) is 19.1 Å². The highest BCUT2D eigenvalue weighted by Crippen LogP contribution is 2.26. The molecule has 6 nitrogen and oxygen atoms in total. The highest BCUT2D eigenvalue weighted by Gasteiger charge is 2.30. The largest absolute Gasteiger partial charge is 0.504 e. The van der Waals surface area contributed by atoms with Crippen molar-refractivity contribution in [3.8, 4) is 11.5 Å². The summed E-state index contributed by atoms with van der Waals surface area (Å²) in [4.78, 5) is 26.1. The van der Waals surface area contributed by atoms with Crippen LogP contribution in [0.15, 0.2) is 42.5 Å². The lowest BCUT2D eigenvalue weighted by molar-refractivity contribution is -0.128. The summed E-state index contributed by atoms with van der Waals surface area (Å²) in [5.41, 5.74) is 0.977. The SMILES string of the molecule is COc1ccc(C(=O)NC2CC(=O)N(Cc3cccc(F)c3)C2)cc1O. The number of hydrogen-bond acceptors (Lipinski definition) is 4. The van der Waals surface area contributed by atoms with Crippen LogP contribution in [0.2, 0.25) is 0 Å². The third-order valence-corrected chi connectivity index (χ3v) is 4.25. The van der Waals surface area contributed by atoms with Gasteiger partial charge in [-0.05, 0) is 35.9 Å². The number of aromatic hydroxyl groups is 1. The van der Waals surface area contributed by atoms with Crippen molar-refractivity contribution in [3.05, 3.63) is 59.4 Å². The van der Waals surface area contributed by atoms with Crippen molar-refractivity contribution < 1.29 is 23.8 Å². The normalized spacial score (nSPS) is 16.6. The smallest absolute Gasteiger partial charge is 0.251 e. The van der Waals surface area contributed by atoms with Gasteiger partial charge in [0.05, 0.1) is 13.2 Å². The molecule has 0 bridgehead atoms. The first-order valence-electron chi connectivity index (χ1n) is 8.16. The van der Waals surface area contributed by atoms with Gasteiger partial charge in [-0.2, -0.15) is 0 Å². The molecule has 26 heavy (non-hydrogen) atoms. The van der Waals surface area contributed by atoms with Crippen molar-refractivity contribution in [2.45, 2.75) is 19.0 Å². The van der Waals surface area contributed by atoms with E-state index in [1.165, 1.54) is 37.4 Å². The standard InChI is InChI=1S/C19H19FN2O4/c1-26-17-6-5-13(8-16(17)23)19(25)21-15-9-18(24)22(11-15)10-12-3-2-4-14(20)7-12/h2-8,15,23H,9-11H2,1H3,(H,21,25). The van der Waals surface area contributed by atoms with Gasteiger partial charge in [-0.1, -0.05) is 12.1 Å². The molecule has 1 saturated heterocycles. The number of methoxy groups -OCH3 is 1. The van der Waals surface area contributed by atoms with Crippen LogP contribution in [-0.4, -0.2) is 41.5 Å². The number of carbonyl (C=O) groups excluding carboxylic acids is 2. The molecule has 0 saturated carbocycles.